The minimum Gasteiger partial charge on any atom is -0.444 e. The van der Waals surface area contributed by atoms with Gasteiger partial charge in [0.15, 0.2) is 0 Å². The van der Waals surface area contributed by atoms with E-state index in [4.69, 9.17) is 9.16 Å². The average molecular weight is 630 g/mol. The van der Waals surface area contributed by atoms with Crippen LogP contribution in [-0.4, -0.2) is 45.2 Å². The summed E-state index contributed by atoms with van der Waals surface area (Å²) in [5, 5.41) is 5.45. The van der Waals surface area contributed by atoms with Gasteiger partial charge in [-0.15, -0.1) is 11.3 Å². The van der Waals surface area contributed by atoms with E-state index >= 15 is 0 Å². The monoisotopic (exact) mass is 629 g/mol. The van der Waals surface area contributed by atoms with Crippen molar-refractivity contribution in [3.05, 3.63) is 95.6 Å². The SMILES string of the molecule is Cc1ncsc1-c1ccc(CNC(=O)OC(C)(C)C)c(N(C)CCCO[Si](c2ccccc2)(c2ccccc2)C(C)(C)C)c1. The van der Waals surface area contributed by atoms with Gasteiger partial charge in [0, 0.05) is 32.4 Å². The molecule has 1 aromatic heterocycles. The van der Waals surface area contributed by atoms with E-state index in [1.165, 1.54) is 10.4 Å². The average Bonchev–Trinajstić information content (AvgIpc) is 3.41. The van der Waals surface area contributed by atoms with E-state index < -0.39 is 20.0 Å². The summed E-state index contributed by atoms with van der Waals surface area (Å²) >= 11 is 1.64. The molecule has 0 aliphatic heterocycles. The van der Waals surface area contributed by atoms with Crippen LogP contribution < -0.4 is 20.6 Å². The van der Waals surface area contributed by atoms with Crippen LogP contribution in [0.3, 0.4) is 0 Å². The van der Waals surface area contributed by atoms with Crippen molar-refractivity contribution in [2.45, 2.75) is 72.1 Å². The fraction of sp³-hybridized carbons (Fsp3) is 0.389. The first-order chi connectivity index (χ1) is 20.8. The smallest absolute Gasteiger partial charge is 0.407 e. The van der Waals surface area contributed by atoms with E-state index in [2.05, 4.69) is 122 Å². The lowest BCUT2D eigenvalue weighted by molar-refractivity contribution is 0.0523. The van der Waals surface area contributed by atoms with Crippen molar-refractivity contribution in [1.29, 1.82) is 0 Å². The number of ether oxygens (including phenoxy) is 1. The molecule has 3 aromatic carbocycles. The maximum absolute atomic E-state index is 12.5. The van der Waals surface area contributed by atoms with E-state index in [1.54, 1.807) is 11.3 Å². The Morgan fingerprint density at radius 1 is 0.932 bits per heavy atom. The molecule has 8 heteroatoms. The quantitative estimate of drug-likeness (QED) is 0.137. The number of hydrogen-bond acceptors (Lipinski definition) is 6. The Morgan fingerprint density at radius 2 is 1.55 bits per heavy atom. The van der Waals surface area contributed by atoms with Crippen LogP contribution in [0.4, 0.5) is 10.5 Å². The lowest BCUT2D eigenvalue weighted by atomic mass is 10.1. The number of aryl methyl sites for hydroxylation is 1. The summed E-state index contributed by atoms with van der Waals surface area (Å²) in [4.78, 5) is 20.3. The highest BCUT2D eigenvalue weighted by atomic mass is 32.1. The minimum atomic E-state index is -2.59. The minimum absolute atomic E-state index is 0.0664. The number of alkyl carbamates (subject to hydrolysis) is 1. The van der Waals surface area contributed by atoms with Crippen molar-refractivity contribution in [1.82, 2.24) is 10.3 Å². The molecule has 234 valence electrons. The van der Waals surface area contributed by atoms with Crippen molar-refractivity contribution in [3.63, 3.8) is 0 Å². The molecule has 6 nitrogen and oxygen atoms in total. The molecule has 0 unspecified atom stereocenters. The number of hydrogen-bond donors (Lipinski definition) is 1. The molecule has 44 heavy (non-hydrogen) atoms. The molecule has 0 fully saturated rings. The second-order valence-corrected chi connectivity index (χ2v) is 18.4. The number of nitrogens with zero attached hydrogens (tertiary/aromatic N) is 2. The highest BCUT2D eigenvalue weighted by molar-refractivity contribution is 7.13. The molecule has 0 saturated carbocycles. The van der Waals surface area contributed by atoms with Crippen molar-refractivity contribution in [2.24, 2.45) is 0 Å². The number of anilines is 1. The zero-order valence-electron chi connectivity index (χ0n) is 27.4. The van der Waals surface area contributed by atoms with E-state index in [9.17, 15) is 4.79 Å². The largest absolute Gasteiger partial charge is 0.444 e. The van der Waals surface area contributed by atoms with Gasteiger partial charge in [0.25, 0.3) is 8.32 Å². The van der Waals surface area contributed by atoms with Gasteiger partial charge in [0.1, 0.15) is 5.60 Å². The number of benzene rings is 3. The van der Waals surface area contributed by atoms with E-state index in [-0.39, 0.29) is 5.04 Å². The maximum Gasteiger partial charge on any atom is 0.407 e. The van der Waals surface area contributed by atoms with Crippen LogP contribution in [0.2, 0.25) is 5.04 Å². The molecule has 0 spiro atoms. The molecule has 4 rings (SSSR count). The van der Waals surface area contributed by atoms with Gasteiger partial charge in [0.05, 0.1) is 16.1 Å². The number of carbonyl (C=O) groups is 1. The first kappa shape index (κ1) is 33.4. The highest BCUT2D eigenvalue weighted by Gasteiger charge is 2.49. The van der Waals surface area contributed by atoms with Gasteiger partial charge in [0.2, 0.25) is 0 Å². The summed E-state index contributed by atoms with van der Waals surface area (Å²) in [5.74, 6) is 0. The van der Waals surface area contributed by atoms with E-state index in [0.717, 1.165) is 40.4 Å². The molecule has 4 aromatic rings. The first-order valence-electron chi connectivity index (χ1n) is 15.3. The Bertz CT molecular complexity index is 1470. The molecule has 1 amide bonds. The maximum atomic E-state index is 12.5. The van der Waals surface area contributed by atoms with E-state index in [0.29, 0.717) is 13.2 Å². The predicted octanol–water partition coefficient (Wildman–Crippen LogP) is 7.55. The van der Waals surface area contributed by atoms with Gasteiger partial charge >= 0.3 is 6.09 Å². The lowest BCUT2D eigenvalue weighted by Crippen LogP contribution is -2.66. The van der Waals surface area contributed by atoms with Gasteiger partial charge in [-0.1, -0.05) is 93.6 Å². The standard InChI is InChI=1S/C36H47N3O3SSi/c1-27-33(43-26-38-27)28-20-21-29(25-37-34(40)42-35(2,3)4)32(24-28)39(8)22-15-23-41-44(36(5,6)7,30-16-11-9-12-17-30)31-18-13-10-14-19-31/h9-14,16-21,24,26H,15,22-23,25H2,1-8H3,(H,37,40). The van der Waals surface area contributed by atoms with Crippen molar-refractivity contribution >= 4 is 41.8 Å². The van der Waals surface area contributed by atoms with Gasteiger partial charge in [-0.05, 0) is 66.7 Å². The second kappa shape index (κ2) is 14.1. The van der Waals surface area contributed by atoms with Gasteiger partial charge in [-0.2, -0.15) is 0 Å². The summed E-state index contributed by atoms with van der Waals surface area (Å²) < 4.78 is 12.6. The normalized spacial score (nSPS) is 12.2. The number of thiazole rings is 1. The number of carbonyl (C=O) groups excluding carboxylic acids is 1. The second-order valence-electron chi connectivity index (χ2n) is 13.3. The van der Waals surface area contributed by atoms with E-state index in [1.807, 2.05) is 33.2 Å². The van der Waals surface area contributed by atoms with Crippen LogP contribution in [0.1, 0.15) is 59.2 Å². The number of aromatic nitrogens is 1. The topological polar surface area (TPSA) is 63.7 Å². The van der Waals surface area contributed by atoms with Crippen LogP contribution >= 0.6 is 11.3 Å². The Kier molecular flexibility index (Phi) is 10.7. The molecule has 0 aliphatic rings. The molecule has 0 radical (unpaired) electrons. The summed E-state index contributed by atoms with van der Waals surface area (Å²) in [7, 11) is -0.484. The Hall–Kier alpha value is -3.46. The zero-order valence-corrected chi connectivity index (χ0v) is 29.3. The Balaban J connectivity index is 1.55. The molecule has 0 saturated heterocycles. The molecular formula is C36H47N3O3SSi. The summed E-state index contributed by atoms with van der Waals surface area (Å²) in [6.45, 7) is 16.4. The van der Waals surface area contributed by atoms with Crippen LogP contribution in [0.5, 0.6) is 0 Å². The molecule has 1 N–H and O–H groups in total. The molecule has 0 aliphatic carbocycles. The van der Waals surface area contributed by atoms with Crippen LogP contribution in [0.15, 0.2) is 84.4 Å². The number of rotatable bonds is 11. The number of nitrogens with one attached hydrogen (secondary N) is 1. The number of amides is 1. The summed E-state index contributed by atoms with van der Waals surface area (Å²) in [6, 6.07) is 27.9. The molecule has 1 heterocycles. The van der Waals surface area contributed by atoms with Gasteiger partial charge in [-0.25, -0.2) is 9.78 Å². The van der Waals surface area contributed by atoms with Crippen molar-refractivity contribution in [2.75, 3.05) is 25.1 Å². The summed E-state index contributed by atoms with van der Waals surface area (Å²) in [6.07, 6.45) is 0.427. The predicted molar refractivity (Wildman–Crippen MR) is 187 cm³/mol. The third kappa shape index (κ3) is 7.97. The van der Waals surface area contributed by atoms with Gasteiger partial charge < -0.3 is 19.4 Å². The first-order valence-corrected chi connectivity index (χ1v) is 18.1. The van der Waals surface area contributed by atoms with Crippen LogP contribution in [0.25, 0.3) is 10.4 Å². The fourth-order valence-electron chi connectivity index (χ4n) is 5.68. The fourth-order valence-corrected chi connectivity index (χ4v) is 11.1. The van der Waals surface area contributed by atoms with Crippen molar-refractivity contribution < 1.29 is 14.0 Å². The van der Waals surface area contributed by atoms with Gasteiger partial charge in [-0.3, -0.25) is 0 Å². The lowest BCUT2D eigenvalue weighted by Gasteiger charge is -2.43. The van der Waals surface area contributed by atoms with Crippen molar-refractivity contribution in [3.8, 4) is 10.4 Å². The Labute approximate surface area is 268 Å². The summed E-state index contributed by atoms with van der Waals surface area (Å²) in [5.41, 5.74) is 5.56. The Morgan fingerprint density at radius 3 is 2.07 bits per heavy atom. The highest BCUT2D eigenvalue weighted by Crippen LogP contribution is 2.37. The third-order valence-corrected chi connectivity index (χ3v) is 13.7. The third-order valence-electron chi connectivity index (χ3n) is 7.70. The van der Waals surface area contributed by atoms with Crippen LogP contribution in [0, 0.1) is 6.92 Å². The molecular weight excluding hydrogens is 583 g/mol. The van der Waals surface area contributed by atoms with Crippen LogP contribution in [-0.2, 0) is 15.7 Å². The molecule has 0 atom stereocenters. The molecule has 0 bridgehead atoms. The zero-order chi connectivity index (χ0) is 32.0.